The van der Waals surface area contributed by atoms with Gasteiger partial charge in [0.05, 0.1) is 0 Å². The van der Waals surface area contributed by atoms with Crippen LogP contribution in [0.3, 0.4) is 0 Å². The maximum atomic E-state index is 2.55. The van der Waals surface area contributed by atoms with Gasteiger partial charge in [-0.05, 0) is 148 Å². The third kappa shape index (κ3) is 7.67. The second kappa shape index (κ2) is 17.2. The SMILES string of the molecule is Cc1ccc2c(c1)C(C)(C)c1cc(-c3cccc(-c4ccccc4C)c3C3CCC3)c3ccccc3c1-2.Cc1ccc2sc3ccccc3c2c1.Cc1cccc(-c2ccccc2)c1. The molecule has 1 saturated carbocycles. The Morgan fingerprint density at radius 1 is 0.406 bits per heavy atom. The van der Waals surface area contributed by atoms with Gasteiger partial charge in [-0.15, -0.1) is 11.3 Å². The molecule has 64 heavy (non-hydrogen) atoms. The summed E-state index contributed by atoms with van der Waals surface area (Å²) in [6.45, 7) is 13.5. The van der Waals surface area contributed by atoms with Gasteiger partial charge in [-0.1, -0.05) is 201 Å². The Morgan fingerprint density at radius 2 is 1.00 bits per heavy atom. The van der Waals surface area contributed by atoms with Gasteiger partial charge in [-0.25, -0.2) is 0 Å². The Labute approximate surface area is 383 Å². The lowest BCUT2D eigenvalue weighted by atomic mass is 9.73. The topological polar surface area (TPSA) is 0 Å². The van der Waals surface area contributed by atoms with Crippen molar-refractivity contribution in [2.45, 2.75) is 72.1 Å². The van der Waals surface area contributed by atoms with Crippen LogP contribution in [0.25, 0.3) is 75.5 Å². The van der Waals surface area contributed by atoms with Crippen molar-refractivity contribution in [3.05, 3.63) is 227 Å². The third-order valence-electron chi connectivity index (χ3n) is 13.8. The van der Waals surface area contributed by atoms with Gasteiger partial charge in [0.15, 0.2) is 0 Å². The first-order valence-electron chi connectivity index (χ1n) is 23.0. The summed E-state index contributed by atoms with van der Waals surface area (Å²) >= 11 is 1.87. The Hall–Kier alpha value is -6.54. The molecular formula is C63H56S. The second-order valence-corrected chi connectivity index (χ2v) is 19.7. The lowest BCUT2D eigenvalue weighted by Gasteiger charge is -2.31. The zero-order chi connectivity index (χ0) is 44.0. The molecule has 0 spiro atoms. The average Bonchev–Trinajstić information content (AvgIpc) is 3.77. The minimum absolute atomic E-state index is 0.0280. The molecule has 1 aromatic heterocycles. The molecule has 314 valence electrons. The molecular weight excluding hydrogens is 789 g/mol. The fourth-order valence-electron chi connectivity index (χ4n) is 10.3. The van der Waals surface area contributed by atoms with Gasteiger partial charge in [0.1, 0.15) is 0 Å². The van der Waals surface area contributed by atoms with Crippen LogP contribution in [-0.2, 0) is 5.41 Å². The summed E-state index contributed by atoms with van der Waals surface area (Å²) in [4.78, 5) is 0. The van der Waals surface area contributed by atoms with Crippen LogP contribution >= 0.6 is 11.3 Å². The van der Waals surface area contributed by atoms with Crippen molar-refractivity contribution in [1.29, 1.82) is 0 Å². The predicted molar refractivity (Wildman–Crippen MR) is 279 cm³/mol. The first-order valence-corrected chi connectivity index (χ1v) is 23.8. The minimum Gasteiger partial charge on any atom is -0.135 e. The molecule has 0 saturated heterocycles. The highest BCUT2D eigenvalue weighted by atomic mass is 32.1. The zero-order valence-electron chi connectivity index (χ0n) is 38.0. The number of aryl methyl sites for hydroxylation is 4. The van der Waals surface area contributed by atoms with Gasteiger partial charge >= 0.3 is 0 Å². The van der Waals surface area contributed by atoms with Crippen molar-refractivity contribution in [2.75, 3.05) is 0 Å². The summed E-state index contributed by atoms with van der Waals surface area (Å²) in [6, 6.07) is 68.9. The summed E-state index contributed by atoms with van der Waals surface area (Å²) in [5, 5.41) is 5.53. The maximum Gasteiger partial charge on any atom is 0.0355 e. The lowest BCUT2D eigenvalue weighted by Crippen LogP contribution is -2.15. The van der Waals surface area contributed by atoms with E-state index in [2.05, 4.69) is 224 Å². The standard InChI is InChI=1S/C37H34.C13H10S.C13H12/c1-23-19-20-31-33(21-23)37(3,4)34-22-32(27-15-7-8-16-29(27)36(31)34)30-18-10-17-28(35(30)25-12-9-13-25)26-14-6-5-11-24(26)2;1-9-6-7-13-11(8-9)10-4-2-3-5-12(10)14-13;1-11-6-5-9-13(10-11)12-7-3-2-4-8-12/h5-8,10-11,14-22,25H,9,12-13H2,1-4H3;2-8H,1H3;2-10H,1H3. The fourth-order valence-corrected chi connectivity index (χ4v) is 11.3. The van der Waals surface area contributed by atoms with Gasteiger partial charge in [-0.3, -0.25) is 0 Å². The largest absolute Gasteiger partial charge is 0.135 e. The van der Waals surface area contributed by atoms with Crippen LogP contribution in [-0.4, -0.2) is 0 Å². The summed E-state index contributed by atoms with van der Waals surface area (Å²) in [5.74, 6) is 0.630. The molecule has 0 amide bonds. The zero-order valence-corrected chi connectivity index (χ0v) is 38.8. The van der Waals surface area contributed by atoms with Gasteiger partial charge in [0, 0.05) is 25.6 Å². The maximum absolute atomic E-state index is 2.55. The molecule has 10 aromatic rings. The summed E-state index contributed by atoms with van der Waals surface area (Å²) in [5.41, 5.74) is 20.8. The van der Waals surface area contributed by atoms with Crippen LogP contribution in [0.1, 0.15) is 78.0 Å². The van der Waals surface area contributed by atoms with E-state index >= 15 is 0 Å². The molecule has 0 N–H and O–H groups in total. The molecule has 1 fully saturated rings. The number of thiophene rings is 1. The van der Waals surface area contributed by atoms with Crippen molar-refractivity contribution in [3.63, 3.8) is 0 Å². The van der Waals surface area contributed by atoms with Gasteiger partial charge in [0.2, 0.25) is 0 Å². The highest BCUT2D eigenvalue weighted by Crippen LogP contribution is 2.55. The van der Waals surface area contributed by atoms with E-state index in [1.807, 2.05) is 17.4 Å². The molecule has 2 aliphatic carbocycles. The van der Waals surface area contributed by atoms with Crippen molar-refractivity contribution in [1.82, 2.24) is 0 Å². The smallest absolute Gasteiger partial charge is 0.0355 e. The molecule has 1 heteroatoms. The summed E-state index contributed by atoms with van der Waals surface area (Å²) < 4.78 is 2.77. The fraction of sp³-hybridized carbons (Fsp3) is 0.175. The number of benzene rings is 9. The molecule has 9 aromatic carbocycles. The van der Waals surface area contributed by atoms with Crippen molar-refractivity contribution in [2.24, 2.45) is 0 Å². The Balaban J connectivity index is 0.000000145. The quantitative estimate of drug-likeness (QED) is 0.166. The predicted octanol–water partition coefficient (Wildman–Crippen LogP) is 18.4. The first-order chi connectivity index (χ1) is 31.2. The highest BCUT2D eigenvalue weighted by molar-refractivity contribution is 7.25. The second-order valence-electron chi connectivity index (χ2n) is 18.6. The van der Waals surface area contributed by atoms with Crippen molar-refractivity contribution >= 4 is 42.3 Å². The molecule has 0 nitrogen and oxygen atoms in total. The van der Waals surface area contributed by atoms with Crippen LogP contribution in [0.4, 0.5) is 0 Å². The molecule has 0 bridgehead atoms. The Kier molecular flexibility index (Phi) is 11.1. The van der Waals surface area contributed by atoms with Crippen LogP contribution in [0.2, 0.25) is 0 Å². The highest BCUT2D eigenvalue weighted by Gasteiger charge is 2.38. The van der Waals surface area contributed by atoms with Crippen molar-refractivity contribution in [3.8, 4) is 44.5 Å². The third-order valence-corrected chi connectivity index (χ3v) is 15.0. The average molecular weight is 845 g/mol. The van der Waals surface area contributed by atoms with E-state index in [0.29, 0.717) is 5.92 Å². The Bertz CT molecular complexity index is 3320. The first kappa shape index (κ1) is 41.5. The van der Waals surface area contributed by atoms with E-state index in [1.165, 1.54) is 128 Å². The normalized spacial score (nSPS) is 13.7. The molecule has 0 radical (unpaired) electrons. The molecule has 1 heterocycles. The van der Waals surface area contributed by atoms with E-state index < -0.39 is 0 Å². The molecule has 0 atom stereocenters. The van der Waals surface area contributed by atoms with E-state index in [9.17, 15) is 0 Å². The van der Waals surface area contributed by atoms with Crippen molar-refractivity contribution < 1.29 is 0 Å². The molecule has 12 rings (SSSR count). The molecule has 0 aliphatic heterocycles. The van der Waals surface area contributed by atoms with Crippen LogP contribution in [0.5, 0.6) is 0 Å². The van der Waals surface area contributed by atoms with E-state index in [-0.39, 0.29) is 5.41 Å². The van der Waals surface area contributed by atoms with Crippen LogP contribution in [0, 0.1) is 27.7 Å². The monoisotopic (exact) mass is 844 g/mol. The number of hydrogen-bond acceptors (Lipinski definition) is 1. The van der Waals surface area contributed by atoms with Crippen LogP contribution < -0.4 is 0 Å². The Morgan fingerprint density at radius 3 is 1.75 bits per heavy atom. The van der Waals surface area contributed by atoms with Crippen LogP contribution in [0.15, 0.2) is 188 Å². The van der Waals surface area contributed by atoms with E-state index in [0.717, 1.165) is 0 Å². The molecule has 2 aliphatic rings. The van der Waals surface area contributed by atoms with Gasteiger partial charge < -0.3 is 0 Å². The van der Waals surface area contributed by atoms with Gasteiger partial charge in [-0.2, -0.15) is 0 Å². The number of fused-ring (bicyclic) bond motifs is 8. The summed E-state index contributed by atoms with van der Waals surface area (Å²) in [7, 11) is 0. The van der Waals surface area contributed by atoms with E-state index in [4.69, 9.17) is 0 Å². The number of hydrogen-bond donors (Lipinski definition) is 0. The lowest BCUT2D eigenvalue weighted by molar-refractivity contribution is 0.421. The summed E-state index contributed by atoms with van der Waals surface area (Å²) in [6.07, 6.45) is 3.91. The number of rotatable bonds is 4. The van der Waals surface area contributed by atoms with Gasteiger partial charge in [0.25, 0.3) is 0 Å². The minimum atomic E-state index is -0.0280. The molecule has 0 unspecified atom stereocenters. The van der Waals surface area contributed by atoms with E-state index in [1.54, 1.807) is 5.56 Å².